The lowest BCUT2D eigenvalue weighted by Crippen LogP contribution is -2.46. The van der Waals surface area contributed by atoms with E-state index in [-0.39, 0.29) is 18.1 Å². The van der Waals surface area contributed by atoms with Crippen molar-refractivity contribution in [2.75, 3.05) is 7.05 Å². The second-order valence-corrected chi connectivity index (χ2v) is 5.71. The van der Waals surface area contributed by atoms with Gasteiger partial charge in [0.05, 0.1) is 12.0 Å². The highest BCUT2D eigenvalue weighted by Crippen LogP contribution is 2.18. The van der Waals surface area contributed by atoms with Gasteiger partial charge in [-0.2, -0.15) is 0 Å². The van der Waals surface area contributed by atoms with Crippen LogP contribution >= 0.6 is 0 Å². The Morgan fingerprint density at radius 2 is 2.00 bits per heavy atom. The molecule has 3 atom stereocenters. The van der Waals surface area contributed by atoms with Gasteiger partial charge in [0.2, 0.25) is 0 Å². The Bertz CT molecular complexity index is 366. The van der Waals surface area contributed by atoms with Gasteiger partial charge in [-0.25, -0.2) is 4.79 Å². The Hall–Kier alpha value is -1.52. The van der Waals surface area contributed by atoms with Gasteiger partial charge in [-0.15, -0.1) is 0 Å². The molecule has 5 heteroatoms. The summed E-state index contributed by atoms with van der Waals surface area (Å²) < 4.78 is 0. The Morgan fingerprint density at radius 3 is 2.47 bits per heavy atom. The van der Waals surface area contributed by atoms with E-state index >= 15 is 0 Å². The number of hydrogen-bond acceptors (Lipinski definition) is 2. The molecule has 1 aliphatic rings. The van der Waals surface area contributed by atoms with Crippen LogP contribution in [0.25, 0.3) is 0 Å². The van der Waals surface area contributed by atoms with E-state index in [2.05, 4.69) is 19.2 Å². The highest BCUT2D eigenvalue weighted by Gasteiger charge is 2.27. The summed E-state index contributed by atoms with van der Waals surface area (Å²) >= 11 is 0. The van der Waals surface area contributed by atoms with Crippen molar-refractivity contribution in [2.24, 2.45) is 11.8 Å². The molecule has 0 aromatic carbocycles. The van der Waals surface area contributed by atoms with Gasteiger partial charge in [-0.05, 0) is 25.7 Å². The molecule has 0 heterocycles. The summed E-state index contributed by atoms with van der Waals surface area (Å²) in [6.07, 6.45) is 4.79. The monoisotopic (exact) mass is 268 g/mol. The van der Waals surface area contributed by atoms with Crippen molar-refractivity contribution in [3.63, 3.8) is 0 Å². The molecule has 1 aliphatic carbocycles. The van der Waals surface area contributed by atoms with E-state index in [9.17, 15) is 9.59 Å². The van der Waals surface area contributed by atoms with Crippen molar-refractivity contribution in [2.45, 2.75) is 45.7 Å². The summed E-state index contributed by atoms with van der Waals surface area (Å²) in [7, 11) is 1.77. The molecule has 108 valence electrons. The average Bonchev–Trinajstić information content (AvgIpc) is 2.75. The molecule has 19 heavy (non-hydrogen) atoms. The van der Waals surface area contributed by atoms with Gasteiger partial charge in [0, 0.05) is 13.1 Å². The summed E-state index contributed by atoms with van der Waals surface area (Å²) in [5, 5.41) is 11.7. The van der Waals surface area contributed by atoms with E-state index in [0.717, 1.165) is 6.42 Å². The lowest BCUT2D eigenvalue weighted by molar-refractivity contribution is -0.140. The second-order valence-electron chi connectivity index (χ2n) is 5.71. The number of amides is 2. The fourth-order valence-electron chi connectivity index (χ4n) is 2.29. The predicted molar refractivity (Wildman–Crippen MR) is 73.9 cm³/mol. The van der Waals surface area contributed by atoms with Crippen molar-refractivity contribution < 1.29 is 14.7 Å². The zero-order valence-electron chi connectivity index (χ0n) is 12.1. The highest BCUT2D eigenvalue weighted by atomic mass is 16.4. The largest absolute Gasteiger partial charge is 0.481 e. The third-order valence-electron chi connectivity index (χ3n) is 3.50. The van der Waals surface area contributed by atoms with Crippen molar-refractivity contribution in [1.29, 1.82) is 0 Å². The maximum atomic E-state index is 12.0. The smallest absolute Gasteiger partial charge is 0.317 e. The molecule has 0 saturated heterocycles. The number of nitrogens with zero attached hydrogens (tertiary/aromatic N) is 1. The number of carbonyl (C=O) groups is 2. The number of carbonyl (C=O) groups excluding carboxylic acids is 1. The number of urea groups is 1. The van der Waals surface area contributed by atoms with Crippen LogP contribution in [-0.2, 0) is 4.79 Å². The van der Waals surface area contributed by atoms with Crippen LogP contribution in [-0.4, -0.2) is 41.1 Å². The Morgan fingerprint density at radius 1 is 1.37 bits per heavy atom. The lowest BCUT2D eigenvalue weighted by Gasteiger charge is -2.27. The van der Waals surface area contributed by atoms with Crippen LogP contribution in [0.4, 0.5) is 4.79 Å². The Labute approximate surface area is 114 Å². The number of hydrogen-bond donors (Lipinski definition) is 2. The minimum Gasteiger partial charge on any atom is -0.481 e. The van der Waals surface area contributed by atoms with Crippen LogP contribution in [0.3, 0.4) is 0 Å². The van der Waals surface area contributed by atoms with Gasteiger partial charge in [-0.3, -0.25) is 4.79 Å². The molecule has 0 saturated carbocycles. The second kappa shape index (κ2) is 6.59. The summed E-state index contributed by atoms with van der Waals surface area (Å²) in [5.41, 5.74) is 0. The average molecular weight is 268 g/mol. The summed E-state index contributed by atoms with van der Waals surface area (Å²) in [5.74, 6) is -0.786. The first-order chi connectivity index (χ1) is 8.81. The van der Waals surface area contributed by atoms with E-state index in [4.69, 9.17) is 5.11 Å². The first kappa shape index (κ1) is 15.5. The number of carboxylic acids is 1. The first-order valence-corrected chi connectivity index (χ1v) is 6.75. The van der Waals surface area contributed by atoms with E-state index < -0.39 is 11.9 Å². The van der Waals surface area contributed by atoms with Crippen LogP contribution in [0.15, 0.2) is 12.2 Å². The standard InChI is InChI=1S/C14H24N2O3/c1-9(2)7-10(3)16(4)14(19)15-12-6-5-11(8-12)13(17)18/h5-6,9-12H,7-8H2,1-4H3,(H,15,19)(H,17,18). The normalized spacial score (nSPS) is 23.4. The molecule has 1 rings (SSSR count). The van der Waals surface area contributed by atoms with Crippen LogP contribution in [0, 0.1) is 11.8 Å². The predicted octanol–water partition coefficient (Wildman–Crippen LogP) is 2.09. The molecular weight excluding hydrogens is 244 g/mol. The Balaban J connectivity index is 2.43. The maximum Gasteiger partial charge on any atom is 0.317 e. The SMILES string of the molecule is CC(C)CC(C)N(C)C(=O)NC1C=CC(C(=O)O)C1. The maximum absolute atomic E-state index is 12.0. The fourth-order valence-corrected chi connectivity index (χ4v) is 2.29. The van der Waals surface area contributed by atoms with E-state index in [1.54, 1.807) is 24.1 Å². The lowest BCUT2D eigenvalue weighted by atomic mass is 10.0. The molecular formula is C14H24N2O3. The van der Waals surface area contributed by atoms with Crippen molar-refractivity contribution in [3.05, 3.63) is 12.2 Å². The van der Waals surface area contributed by atoms with E-state index in [1.165, 1.54) is 0 Å². The van der Waals surface area contributed by atoms with E-state index in [1.807, 2.05) is 6.92 Å². The molecule has 0 aliphatic heterocycles. The molecule has 0 aromatic rings. The summed E-state index contributed by atoms with van der Waals surface area (Å²) in [6, 6.07) is -0.156. The van der Waals surface area contributed by atoms with Crippen LogP contribution < -0.4 is 5.32 Å². The molecule has 2 amide bonds. The highest BCUT2D eigenvalue weighted by molar-refractivity contribution is 5.76. The fraction of sp³-hybridized carbons (Fsp3) is 0.714. The number of carboxylic acid groups (broad SMARTS) is 1. The first-order valence-electron chi connectivity index (χ1n) is 6.75. The van der Waals surface area contributed by atoms with Gasteiger partial charge < -0.3 is 15.3 Å². The minimum atomic E-state index is -0.838. The zero-order chi connectivity index (χ0) is 14.6. The van der Waals surface area contributed by atoms with Gasteiger partial charge in [0.15, 0.2) is 0 Å². The topological polar surface area (TPSA) is 69.6 Å². The molecule has 0 bridgehead atoms. The van der Waals surface area contributed by atoms with Crippen LogP contribution in [0.1, 0.15) is 33.6 Å². The molecule has 0 spiro atoms. The Kier molecular flexibility index (Phi) is 5.39. The van der Waals surface area contributed by atoms with Gasteiger partial charge in [0.1, 0.15) is 0 Å². The molecule has 5 nitrogen and oxygen atoms in total. The number of aliphatic carboxylic acids is 1. The van der Waals surface area contributed by atoms with Crippen molar-refractivity contribution in [1.82, 2.24) is 10.2 Å². The molecule has 0 radical (unpaired) electrons. The van der Waals surface area contributed by atoms with Gasteiger partial charge in [-0.1, -0.05) is 26.0 Å². The van der Waals surface area contributed by atoms with E-state index in [0.29, 0.717) is 12.3 Å². The summed E-state index contributed by atoms with van der Waals surface area (Å²) in [4.78, 5) is 24.5. The number of nitrogens with one attached hydrogen (secondary N) is 1. The van der Waals surface area contributed by atoms with Gasteiger partial charge >= 0.3 is 12.0 Å². The molecule has 0 fully saturated rings. The number of rotatable bonds is 5. The molecule has 2 N–H and O–H groups in total. The van der Waals surface area contributed by atoms with Gasteiger partial charge in [0.25, 0.3) is 0 Å². The zero-order valence-corrected chi connectivity index (χ0v) is 12.1. The van der Waals surface area contributed by atoms with Crippen molar-refractivity contribution in [3.8, 4) is 0 Å². The quantitative estimate of drug-likeness (QED) is 0.750. The molecule has 3 unspecified atom stereocenters. The summed E-state index contributed by atoms with van der Waals surface area (Å²) in [6.45, 7) is 6.27. The van der Waals surface area contributed by atoms with Crippen molar-refractivity contribution >= 4 is 12.0 Å². The van der Waals surface area contributed by atoms with Crippen LogP contribution in [0.2, 0.25) is 0 Å². The molecule has 0 aromatic heterocycles. The third-order valence-corrected chi connectivity index (χ3v) is 3.50. The third kappa shape index (κ3) is 4.58. The minimum absolute atomic E-state index is 0.145. The van der Waals surface area contributed by atoms with Crippen LogP contribution in [0.5, 0.6) is 0 Å².